The molecule has 0 unspecified atom stereocenters. The zero-order valence-electron chi connectivity index (χ0n) is 14.5. The molecule has 2 aromatic rings. The predicted octanol–water partition coefficient (Wildman–Crippen LogP) is 4.16. The van der Waals surface area contributed by atoms with Gasteiger partial charge in [0.1, 0.15) is 11.6 Å². The zero-order chi connectivity index (χ0) is 17.9. The van der Waals surface area contributed by atoms with Crippen LogP contribution in [0.15, 0.2) is 66.4 Å². The van der Waals surface area contributed by atoms with Gasteiger partial charge >= 0.3 is 0 Å². The molecule has 0 aliphatic rings. The van der Waals surface area contributed by atoms with Gasteiger partial charge in [0.15, 0.2) is 0 Å². The molecule has 0 radical (unpaired) electrons. The smallest absolute Gasteiger partial charge is 0.263 e. The number of aryl methyl sites for hydroxylation is 1. The van der Waals surface area contributed by atoms with Gasteiger partial charge in [-0.15, -0.1) is 0 Å². The Kier molecular flexibility index (Phi) is 7.27. The van der Waals surface area contributed by atoms with E-state index < -0.39 is 5.91 Å². The van der Waals surface area contributed by atoms with Crippen molar-refractivity contribution in [2.75, 3.05) is 5.32 Å². The van der Waals surface area contributed by atoms with Gasteiger partial charge in [-0.25, -0.2) is 0 Å². The second kappa shape index (κ2) is 9.94. The molecule has 0 fully saturated rings. The Balaban J connectivity index is 1.90. The summed E-state index contributed by atoms with van der Waals surface area (Å²) >= 11 is 0. The van der Waals surface area contributed by atoms with Crippen LogP contribution in [0, 0.1) is 11.3 Å². The Bertz CT molecular complexity index is 743. The maximum Gasteiger partial charge on any atom is 0.263 e. The van der Waals surface area contributed by atoms with Gasteiger partial charge in [-0.1, -0.05) is 55.8 Å². The third-order valence-corrected chi connectivity index (χ3v) is 3.82. The molecule has 2 aromatic carbocycles. The second-order valence-corrected chi connectivity index (χ2v) is 5.78. The van der Waals surface area contributed by atoms with Crippen LogP contribution in [0.2, 0.25) is 0 Å². The first-order chi connectivity index (χ1) is 12.2. The van der Waals surface area contributed by atoms with Crippen molar-refractivity contribution in [2.45, 2.75) is 32.7 Å². The molecule has 1 amide bonds. The molecule has 0 aliphatic heterocycles. The first-order valence-corrected chi connectivity index (χ1v) is 8.50. The van der Waals surface area contributed by atoms with Gasteiger partial charge in [0.25, 0.3) is 5.91 Å². The van der Waals surface area contributed by atoms with E-state index in [2.05, 4.69) is 29.7 Å². The lowest BCUT2D eigenvalue weighted by atomic mass is 10.1. The molecule has 4 nitrogen and oxygen atoms in total. The number of carbonyl (C=O) groups is 1. The van der Waals surface area contributed by atoms with Crippen LogP contribution in [0.5, 0.6) is 0 Å². The fourth-order valence-electron chi connectivity index (χ4n) is 2.33. The number of benzene rings is 2. The Morgan fingerprint density at radius 2 is 1.80 bits per heavy atom. The van der Waals surface area contributed by atoms with Gasteiger partial charge in [0.2, 0.25) is 0 Å². The maximum absolute atomic E-state index is 12.1. The van der Waals surface area contributed by atoms with Crippen LogP contribution in [0.25, 0.3) is 0 Å². The molecule has 25 heavy (non-hydrogen) atoms. The van der Waals surface area contributed by atoms with E-state index in [0.717, 1.165) is 17.7 Å². The van der Waals surface area contributed by atoms with Crippen molar-refractivity contribution >= 4 is 11.6 Å². The van der Waals surface area contributed by atoms with Crippen LogP contribution in [-0.2, 0) is 17.8 Å². The quantitative estimate of drug-likeness (QED) is 0.563. The largest absolute Gasteiger partial charge is 0.360 e. The number of amides is 1. The summed E-state index contributed by atoms with van der Waals surface area (Å²) in [4.78, 5) is 12.1. The first-order valence-electron chi connectivity index (χ1n) is 8.50. The molecule has 4 heteroatoms. The predicted molar refractivity (Wildman–Crippen MR) is 101 cm³/mol. The van der Waals surface area contributed by atoms with Crippen molar-refractivity contribution in [2.24, 2.45) is 0 Å². The third-order valence-electron chi connectivity index (χ3n) is 3.82. The number of nitrogens with zero attached hydrogens (tertiary/aromatic N) is 1. The highest BCUT2D eigenvalue weighted by Crippen LogP contribution is 2.12. The lowest BCUT2D eigenvalue weighted by molar-refractivity contribution is -0.117. The van der Waals surface area contributed by atoms with Crippen LogP contribution in [0.1, 0.15) is 30.9 Å². The third kappa shape index (κ3) is 6.15. The van der Waals surface area contributed by atoms with Crippen molar-refractivity contribution in [3.63, 3.8) is 0 Å². The van der Waals surface area contributed by atoms with Gasteiger partial charge in [-0.2, -0.15) is 5.26 Å². The molecule has 0 atom stereocenters. The number of hydrogen-bond donors (Lipinski definition) is 2. The lowest BCUT2D eigenvalue weighted by Gasteiger charge is -2.06. The number of rotatable bonds is 8. The van der Waals surface area contributed by atoms with Crippen LogP contribution in [-0.4, -0.2) is 5.91 Å². The van der Waals surface area contributed by atoms with E-state index in [9.17, 15) is 10.1 Å². The maximum atomic E-state index is 12.1. The van der Waals surface area contributed by atoms with E-state index in [1.807, 2.05) is 48.5 Å². The van der Waals surface area contributed by atoms with Crippen molar-refractivity contribution in [1.82, 2.24) is 5.32 Å². The number of hydrogen-bond acceptors (Lipinski definition) is 3. The van der Waals surface area contributed by atoms with Crippen molar-refractivity contribution in [1.29, 1.82) is 5.26 Å². The van der Waals surface area contributed by atoms with Crippen LogP contribution >= 0.6 is 0 Å². The average molecular weight is 333 g/mol. The van der Waals surface area contributed by atoms with Crippen molar-refractivity contribution in [3.05, 3.63) is 77.5 Å². The molecule has 0 spiro atoms. The Labute approximate surface area is 149 Å². The number of anilines is 1. The fourth-order valence-corrected chi connectivity index (χ4v) is 2.33. The summed E-state index contributed by atoms with van der Waals surface area (Å²) in [6, 6.07) is 19.6. The summed E-state index contributed by atoms with van der Waals surface area (Å²) in [6.45, 7) is 2.57. The van der Waals surface area contributed by atoms with Gasteiger partial charge in [-0.3, -0.25) is 4.79 Å². The van der Waals surface area contributed by atoms with E-state index >= 15 is 0 Å². The molecule has 2 N–H and O–H groups in total. The van der Waals surface area contributed by atoms with E-state index in [4.69, 9.17) is 0 Å². The number of carbonyl (C=O) groups excluding carboxylic acids is 1. The minimum Gasteiger partial charge on any atom is -0.360 e. The van der Waals surface area contributed by atoms with Gasteiger partial charge in [0.05, 0.1) is 0 Å². The fraction of sp³-hybridized carbons (Fsp3) is 0.238. The van der Waals surface area contributed by atoms with Crippen LogP contribution in [0.3, 0.4) is 0 Å². The van der Waals surface area contributed by atoms with E-state index in [1.54, 1.807) is 0 Å². The minimum atomic E-state index is -0.390. The van der Waals surface area contributed by atoms with Gasteiger partial charge in [0, 0.05) is 18.4 Å². The number of unbranched alkanes of at least 4 members (excludes halogenated alkanes) is 1. The highest BCUT2D eigenvalue weighted by Gasteiger charge is 2.08. The van der Waals surface area contributed by atoms with Crippen LogP contribution < -0.4 is 10.6 Å². The van der Waals surface area contributed by atoms with Gasteiger partial charge in [-0.05, 0) is 36.1 Å². The van der Waals surface area contributed by atoms with E-state index in [0.29, 0.717) is 6.54 Å². The standard InChI is InChI=1S/C21H23N3O/c1-2-3-7-17-10-12-20(13-11-17)23-16-19(14-22)21(25)24-15-18-8-5-4-6-9-18/h4-6,8-13,16,23H,2-3,7,15H2,1H3,(H,24,25)/b19-16+. The number of nitrogens with one attached hydrogen (secondary N) is 2. The second-order valence-electron chi connectivity index (χ2n) is 5.78. The highest BCUT2D eigenvalue weighted by molar-refractivity contribution is 5.97. The molecular formula is C21H23N3O. The Morgan fingerprint density at radius 3 is 2.44 bits per heavy atom. The normalized spacial score (nSPS) is 10.8. The summed E-state index contributed by atoms with van der Waals surface area (Å²) in [5, 5.41) is 15.0. The molecule has 2 rings (SSSR count). The van der Waals surface area contributed by atoms with Crippen molar-refractivity contribution < 1.29 is 4.79 Å². The average Bonchev–Trinajstić information content (AvgIpc) is 2.67. The summed E-state index contributed by atoms with van der Waals surface area (Å²) in [6.07, 6.45) is 4.86. The molecule has 0 bridgehead atoms. The van der Waals surface area contributed by atoms with Gasteiger partial charge < -0.3 is 10.6 Å². The Morgan fingerprint density at radius 1 is 1.08 bits per heavy atom. The van der Waals surface area contributed by atoms with E-state index in [-0.39, 0.29) is 5.57 Å². The van der Waals surface area contributed by atoms with E-state index in [1.165, 1.54) is 24.6 Å². The number of nitriles is 1. The monoisotopic (exact) mass is 333 g/mol. The first kappa shape index (κ1) is 18.3. The van der Waals surface area contributed by atoms with Crippen molar-refractivity contribution in [3.8, 4) is 6.07 Å². The zero-order valence-corrected chi connectivity index (χ0v) is 14.5. The summed E-state index contributed by atoms with van der Waals surface area (Å²) < 4.78 is 0. The molecular weight excluding hydrogens is 310 g/mol. The highest BCUT2D eigenvalue weighted by atomic mass is 16.1. The van der Waals surface area contributed by atoms with Crippen LogP contribution in [0.4, 0.5) is 5.69 Å². The summed E-state index contributed by atoms with van der Waals surface area (Å²) in [5.74, 6) is -0.390. The summed E-state index contributed by atoms with van der Waals surface area (Å²) in [7, 11) is 0. The molecule has 128 valence electrons. The minimum absolute atomic E-state index is 0.0472. The lowest BCUT2D eigenvalue weighted by Crippen LogP contribution is -2.24. The molecule has 0 saturated heterocycles. The molecule has 0 heterocycles. The SMILES string of the molecule is CCCCc1ccc(N/C=C(\C#N)C(=O)NCc2ccccc2)cc1. The Hall–Kier alpha value is -3.06. The molecule has 0 aliphatic carbocycles. The topological polar surface area (TPSA) is 64.9 Å². The summed E-state index contributed by atoms with van der Waals surface area (Å²) in [5.41, 5.74) is 3.18. The molecule has 0 aromatic heterocycles. The molecule has 0 saturated carbocycles.